The Bertz CT molecular complexity index is 582. The van der Waals surface area contributed by atoms with Crippen molar-refractivity contribution >= 4 is 22.9 Å². The topological polar surface area (TPSA) is 68.0 Å². The number of aromatic nitrogens is 1. The molecule has 94 valence electrons. The van der Waals surface area contributed by atoms with Crippen molar-refractivity contribution in [3.05, 3.63) is 45.7 Å². The van der Waals surface area contributed by atoms with Crippen molar-refractivity contribution in [1.82, 2.24) is 10.3 Å². The number of benzene rings is 1. The fraction of sp³-hybridized carbons (Fsp3) is 0.167. The number of anilines is 1. The van der Waals surface area contributed by atoms with E-state index < -0.39 is 5.82 Å². The molecule has 2 rings (SSSR count). The van der Waals surface area contributed by atoms with Crippen molar-refractivity contribution in [2.75, 3.05) is 5.73 Å². The van der Waals surface area contributed by atoms with Crippen LogP contribution in [0.1, 0.15) is 20.2 Å². The van der Waals surface area contributed by atoms with Crippen LogP contribution in [0.5, 0.6) is 0 Å². The highest BCUT2D eigenvalue weighted by Gasteiger charge is 2.10. The molecule has 1 aromatic carbocycles. The molecule has 0 spiro atoms. The second-order valence-electron chi connectivity index (χ2n) is 3.78. The number of hydrogen-bond acceptors (Lipinski definition) is 4. The van der Waals surface area contributed by atoms with Gasteiger partial charge in [0.1, 0.15) is 10.8 Å². The van der Waals surface area contributed by atoms with E-state index in [1.807, 2.05) is 6.92 Å². The van der Waals surface area contributed by atoms with Crippen molar-refractivity contribution in [3.63, 3.8) is 0 Å². The summed E-state index contributed by atoms with van der Waals surface area (Å²) in [4.78, 5) is 17.0. The molecule has 0 saturated carbocycles. The fourth-order valence-electron chi connectivity index (χ4n) is 1.47. The summed E-state index contributed by atoms with van der Waals surface area (Å²) in [5, 5.41) is 3.52. The van der Waals surface area contributed by atoms with Crippen LogP contribution < -0.4 is 11.1 Å². The lowest BCUT2D eigenvalue weighted by Crippen LogP contribution is -2.23. The number of nitrogens with zero attached hydrogens (tertiary/aromatic N) is 1. The van der Waals surface area contributed by atoms with Gasteiger partial charge in [0.15, 0.2) is 0 Å². The molecule has 4 nitrogen and oxygen atoms in total. The molecule has 2 aromatic rings. The normalized spacial score (nSPS) is 10.3. The Balaban J connectivity index is 2.03. The number of amides is 1. The van der Waals surface area contributed by atoms with Crippen LogP contribution >= 0.6 is 11.3 Å². The maximum absolute atomic E-state index is 12.8. The van der Waals surface area contributed by atoms with Crippen LogP contribution in [-0.4, -0.2) is 10.9 Å². The summed E-state index contributed by atoms with van der Waals surface area (Å²) in [6.45, 7) is 2.29. The van der Waals surface area contributed by atoms with Crippen LogP contribution in [0.25, 0.3) is 0 Å². The molecule has 1 heterocycles. The van der Waals surface area contributed by atoms with Gasteiger partial charge >= 0.3 is 0 Å². The highest BCUT2D eigenvalue weighted by atomic mass is 32.1. The lowest BCUT2D eigenvalue weighted by atomic mass is 10.1. The van der Waals surface area contributed by atoms with Gasteiger partial charge in [0.25, 0.3) is 5.91 Å². The second kappa shape index (κ2) is 5.14. The molecular formula is C12H12FN3OS. The van der Waals surface area contributed by atoms with Gasteiger partial charge in [-0.3, -0.25) is 4.79 Å². The minimum atomic E-state index is -0.459. The minimum Gasteiger partial charge on any atom is -0.398 e. The molecule has 18 heavy (non-hydrogen) atoms. The van der Waals surface area contributed by atoms with Crippen LogP contribution in [0, 0.1) is 12.7 Å². The number of nitrogens with one attached hydrogen (secondary N) is 1. The van der Waals surface area contributed by atoms with Gasteiger partial charge in [0.05, 0.1) is 12.1 Å². The number of thiazole rings is 1. The first-order valence-corrected chi connectivity index (χ1v) is 6.12. The maximum Gasteiger partial charge on any atom is 0.253 e. The number of rotatable bonds is 3. The number of nitrogens with two attached hydrogens (primary N) is 1. The van der Waals surface area contributed by atoms with E-state index >= 15 is 0 Å². The van der Waals surface area contributed by atoms with E-state index in [0.29, 0.717) is 6.54 Å². The summed E-state index contributed by atoms with van der Waals surface area (Å²) in [7, 11) is 0. The molecule has 0 aliphatic rings. The molecule has 0 radical (unpaired) electrons. The average Bonchev–Trinajstić information content (AvgIpc) is 2.72. The molecular weight excluding hydrogens is 253 g/mol. The van der Waals surface area contributed by atoms with E-state index in [-0.39, 0.29) is 17.2 Å². The van der Waals surface area contributed by atoms with E-state index in [4.69, 9.17) is 5.73 Å². The monoisotopic (exact) mass is 265 g/mol. The number of carbonyl (C=O) groups excluding carboxylic acids is 1. The standard InChI is InChI=1S/C12H12FN3OS/c1-7-5-15-11(18-7)6-16-12(17)9-3-2-8(13)4-10(9)14/h2-5H,6,14H2,1H3,(H,16,17). The zero-order valence-corrected chi connectivity index (χ0v) is 10.6. The first-order valence-electron chi connectivity index (χ1n) is 5.31. The Hall–Kier alpha value is -1.95. The third-order valence-electron chi connectivity index (χ3n) is 2.33. The van der Waals surface area contributed by atoms with Crippen LogP contribution in [0.15, 0.2) is 24.4 Å². The molecule has 3 N–H and O–H groups in total. The van der Waals surface area contributed by atoms with E-state index in [1.165, 1.54) is 23.5 Å². The molecule has 1 aromatic heterocycles. The largest absolute Gasteiger partial charge is 0.398 e. The summed E-state index contributed by atoms with van der Waals surface area (Å²) < 4.78 is 12.8. The fourth-order valence-corrected chi connectivity index (χ4v) is 2.20. The van der Waals surface area contributed by atoms with Gasteiger partial charge in [-0.05, 0) is 25.1 Å². The van der Waals surface area contributed by atoms with Gasteiger partial charge in [-0.2, -0.15) is 0 Å². The summed E-state index contributed by atoms with van der Waals surface area (Å²) >= 11 is 1.51. The molecule has 0 aliphatic heterocycles. The second-order valence-corrected chi connectivity index (χ2v) is 5.10. The molecule has 0 bridgehead atoms. The molecule has 0 atom stereocenters. The predicted octanol–water partition coefficient (Wildman–Crippen LogP) is 2.10. The third kappa shape index (κ3) is 2.84. The van der Waals surface area contributed by atoms with Gasteiger partial charge in [0, 0.05) is 16.8 Å². The van der Waals surface area contributed by atoms with Crippen molar-refractivity contribution in [2.45, 2.75) is 13.5 Å². The Morgan fingerprint density at radius 3 is 2.94 bits per heavy atom. The van der Waals surface area contributed by atoms with Gasteiger partial charge in [-0.25, -0.2) is 9.37 Å². The Morgan fingerprint density at radius 2 is 2.33 bits per heavy atom. The van der Waals surface area contributed by atoms with Crippen LogP contribution in [0.2, 0.25) is 0 Å². The first-order chi connectivity index (χ1) is 8.56. The smallest absolute Gasteiger partial charge is 0.253 e. The Kier molecular flexibility index (Phi) is 3.57. The number of aryl methyl sites for hydroxylation is 1. The van der Waals surface area contributed by atoms with Gasteiger partial charge in [0.2, 0.25) is 0 Å². The average molecular weight is 265 g/mol. The Labute approximate surface area is 108 Å². The molecule has 1 amide bonds. The van der Waals surface area contributed by atoms with E-state index in [2.05, 4.69) is 10.3 Å². The predicted molar refractivity (Wildman–Crippen MR) is 68.8 cm³/mol. The van der Waals surface area contributed by atoms with Crippen LogP contribution in [0.3, 0.4) is 0 Å². The lowest BCUT2D eigenvalue weighted by Gasteiger charge is -2.06. The van der Waals surface area contributed by atoms with E-state index in [0.717, 1.165) is 16.0 Å². The zero-order chi connectivity index (χ0) is 13.1. The number of nitrogen functional groups attached to an aromatic ring is 1. The molecule has 6 heteroatoms. The van der Waals surface area contributed by atoms with E-state index in [9.17, 15) is 9.18 Å². The van der Waals surface area contributed by atoms with Crippen LogP contribution in [-0.2, 0) is 6.54 Å². The van der Waals surface area contributed by atoms with Crippen molar-refractivity contribution < 1.29 is 9.18 Å². The van der Waals surface area contributed by atoms with Gasteiger partial charge in [-0.1, -0.05) is 0 Å². The van der Waals surface area contributed by atoms with Gasteiger partial charge in [-0.15, -0.1) is 11.3 Å². The summed E-state index contributed by atoms with van der Waals surface area (Å²) in [6, 6.07) is 3.70. The van der Waals surface area contributed by atoms with Crippen molar-refractivity contribution in [1.29, 1.82) is 0 Å². The number of carbonyl (C=O) groups is 1. The van der Waals surface area contributed by atoms with Crippen molar-refractivity contribution in [3.8, 4) is 0 Å². The quantitative estimate of drug-likeness (QED) is 0.835. The molecule has 0 unspecified atom stereocenters. The number of hydrogen-bond donors (Lipinski definition) is 2. The third-order valence-corrected chi connectivity index (χ3v) is 3.24. The maximum atomic E-state index is 12.8. The van der Waals surface area contributed by atoms with Gasteiger partial charge < -0.3 is 11.1 Å². The highest BCUT2D eigenvalue weighted by Crippen LogP contribution is 2.14. The van der Waals surface area contributed by atoms with Crippen molar-refractivity contribution in [2.24, 2.45) is 0 Å². The summed E-state index contributed by atoms with van der Waals surface area (Å²) in [5.41, 5.74) is 5.98. The number of halogens is 1. The first kappa shape index (κ1) is 12.5. The molecule has 0 saturated heterocycles. The highest BCUT2D eigenvalue weighted by molar-refractivity contribution is 7.11. The molecule has 0 aliphatic carbocycles. The molecule has 0 fully saturated rings. The Morgan fingerprint density at radius 1 is 1.56 bits per heavy atom. The lowest BCUT2D eigenvalue weighted by molar-refractivity contribution is 0.0951. The van der Waals surface area contributed by atoms with Crippen LogP contribution in [0.4, 0.5) is 10.1 Å². The van der Waals surface area contributed by atoms with E-state index in [1.54, 1.807) is 6.20 Å². The summed E-state index contributed by atoms with van der Waals surface area (Å²) in [6.07, 6.45) is 1.75. The SMILES string of the molecule is Cc1cnc(CNC(=O)c2ccc(F)cc2N)s1. The zero-order valence-electron chi connectivity index (χ0n) is 9.74. The summed E-state index contributed by atoms with van der Waals surface area (Å²) in [5.74, 6) is -0.792. The minimum absolute atomic E-state index is 0.128.